The van der Waals surface area contributed by atoms with Gasteiger partial charge in [-0.3, -0.25) is 10.1 Å². The number of nitro groups is 1. The topological polar surface area (TPSA) is 61.0 Å². The zero-order valence-electron chi connectivity index (χ0n) is 18.1. The highest BCUT2D eigenvalue weighted by molar-refractivity contribution is 6.36. The molecule has 0 bridgehead atoms. The van der Waals surface area contributed by atoms with Gasteiger partial charge < -0.3 is 4.57 Å². The number of benzene rings is 3. The Kier molecular flexibility index (Phi) is 7.14. The quantitative estimate of drug-likeness (QED) is 0.142. The van der Waals surface area contributed by atoms with Crippen LogP contribution in [-0.2, 0) is 12.7 Å². The minimum Gasteiger partial charge on any atom is -0.326 e. The van der Waals surface area contributed by atoms with Crippen LogP contribution in [0.4, 0.5) is 23.2 Å². The first-order valence-electron chi connectivity index (χ1n) is 10.3. The molecule has 0 fully saturated rings. The molecule has 36 heavy (non-hydrogen) atoms. The number of non-ortho nitro benzene ring substituents is 1. The predicted octanol–water partition coefficient (Wildman–Crippen LogP) is 8.14. The molecule has 0 atom stereocenters. The predicted molar refractivity (Wildman–Crippen MR) is 130 cm³/mol. The first kappa shape index (κ1) is 25.4. The van der Waals surface area contributed by atoms with Crippen molar-refractivity contribution in [1.29, 1.82) is 0 Å². The lowest BCUT2D eigenvalue weighted by Gasteiger charge is -2.07. The van der Waals surface area contributed by atoms with Crippen LogP contribution in [0.1, 0.15) is 22.5 Å². The molecule has 3 aromatic carbocycles. The molecule has 1 aromatic heterocycles. The van der Waals surface area contributed by atoms with Crippen molar-refractivity contribution in [3.63, 3.8) is 0 Å². The first-order chi connectivity index (χ1) is 17.0. The van der Waals surface area contributed by atoms with E-state index >= 15 is 0 Å². The van der Waals surface area contributed by atoms with Crippen molar-refractivity contribution < 1.29 is 22.5 Å². The molecule has 1 heterocycles. The minimum absolute atomic E-state index is 0.0565. The van der Waals surface area contributed by atoms with Gasteiger partial charge >= 0.3 is 6.18 Å². The highest BCUT2D eigenvalue weighted by Gasteiger charge is 2.31. The molecule has 4 aromatic rings. The smallest absolute Gasteiger partial charge is 0.326 e. The monoisotopic (exact) mass is 535 g/mol. The number of hydrogen-bond donors (Lipinski definition) is 0. The van der Waals surface area contributed by atoms with Crippen molar-refractivity contribution in [3.8, 4) is 11.3 Å². The number of imidazole rings is 1. The summed E-state index contributed by atoms with van der Waals surface area (Å²) in [6, 6.07) is 13.1. The van der Waals surface area contributed by atoms with Crippen molar-refractivity contribution in [1.82, 2.24) is 9.55 Å². The average Bonchev–Trinajstić information content (AvgIpc) is 3.20. The number of nitrogens with zero attached hydrogens (tertiary/aromatic N) is 3. The van der Waals surface area contributed by atoms with Crippen LogP contribution in [-0.4, -0.2) is 14.5 Å². The normalized spacial score (nSPS) is 11.8. The summed E-state index contributed by atoms with van der Waals surface area (Å²) < 4.78 is 54.6. The largest absolute Gasteiger partial charge is 0.416 e. The Morgan fingerprint density at radius 2 is 1.72 bits per heavy atom. The Morgan fingerprint density at radius 3 is 2.33 bits per heavy atom. The summed E-state index contributed by atoms with van der Waals surface area (Å²) in [6.07, 6.45) is -0.183. The maximum atomic E-state index is 14.3. The summed E-state index contributed by atoms with van der Waals surface area (Å²) in [4.78, 5) is 15.0. The Morgan fingerprint density at radius 1 is 1.00 bits per heavy atom. The molecular formula is C25H15Cl2F4N3O2. The fourth-order valence-electron chi connectivity index (χ4n) is 3.44. The number of aromatic nitrogens is 2. The Labute approximate surface area is 212 Å². The third-order valence-electron chi connectivity index (χ3n) is 5.25. The van der Waals surface area contributed by atoms with E-state index in [2.05, 4.69) is 4.98 Å². The minimum atomic E-state index is -4.66. The van der Waals surface area contributed by atoms with E-state index in [0.717, 1.165) is 17.7 Å². The molecule has 0 saturated heterocycles. The standard InChI is InChI=1S/C25H15Cl2F4N3O2/c26-18-6-9-20(21(27)12-18)23-14-33(13-15-1-7-19(8-2-15)34(35)36)24(32-23)10-4-16-3-5-17(11-22(16)28)25(29,30)31/h1-12,14H,13H2/b10-4+. The van der Waals surface area contributed by atoms with Gasteiger partial charge in [-0.1, -0.05) is 41.4 Å². The Bertz CT molecular complexity index is 1470. The van der Waals surface area contributed by atoms with Gasteiger partial charge in [0.1, 0.15) is 11.6 Å². The summed E-state index contributed by atoms with van der Waals surface area (Å²) in [5, 5.41) is 11.7. The van der Waals surface area contributed by atoms with Crippen LogP contribution < -0.4 is 0 Å². The Balaban J connectivity index is 1.72. The lowest BCUT2D eigenvalue weighted by Crippen LogP contribution is -2.05. The van der Waals surface area contributed by atoms with Crippen molar-refractivity contribution in [2.45, 2.75) is 12.7 Å². The van der Waals surface area contributed by atoms with Gasteiger partial charge in [-0.15, -0.1) is 0 Å². The van der Waals surface area contributed by atoms with Crippen molar-refractivity contribution in [3.05, 3.63) is 115 Å². The number of hydrogen-bond acceptors (Lipinski definition) is 3. The molecule has 184 valence electrons. The van der Waals surface area contributed by atoms with Gasteiger partial charge in [0.25, 0.3) is 5.69 Å². The van der Waals surface area contributed by atoms with Crippen LogP contribution in [0.15, 0.2) is 66.9 Å². The maximum absolute atomic E-state index is 14.3. The Hall–Kier alpha value is -3.69. The van der Waals surface area contributed by atoms with Crippen LogP contribution in [0, 0.1) is 15.9 Å². The van der Waals surface area contributed by atoms with Crippen LogP contribution >= 0.6 is 23.2 Å². The van der Waals surface area contributed by atoms with Crippen LogP contribution in [0.5, 0.6) is 0 Å². The van der Waals surface area contributed by atoms with Gasteiger partial charge in [0.05, 0.1) is 21.2 Å². The summed E-state index contributed by atoms with van der Waals surface area (Å²) >= 11 is 12.3. The van der Waals surface area contributed by atoms with Crippen LogP contribution in [0.25, 0.3) is 23.4 Å². The summed E-state index contributed by atoms with van der Waals surface area (Å²) in [6.45, 7) is 0.255. The highest BCUT2D eigenvalue weighted by Crippen LogP contribution is 2.32. The molecule has 0 spiro atoms. The lowest BCUT2D eigenvalue weighted by atomic mass is 10.1. The second kappa shape index (κ2) is 10.1. The van der Waals surface area contributed by atoms with Gasteiger partial charge in [0, 0.05) is 41.0 Å². The van der Waals surface area contributed by atoms with Gasteiger partial charge in [0.2, 0.25) is 0 Å². The average molecular weight is 536 g/mol. The van der Waals surface area contributed by atoms with Crippen molar-refractivity contribution in [2.24, 2.45) is 0 Å². The van der Waals surface area contributed by atoms with Gasteiger partial charge in [0.15, 0.2) is 0 Å². The summed E-state index contributed by atoms with van der Waals surface area (Å²) in [5.41, 5.74) is 0.582. The number of alkyl halides is 3. The first-order valence-corrected chi connectivity index (χ1v) is 11.1. The molecule has 0 aliphatic carbocycles. The second-order valence-corrected chi connectivity index (χ2v) is 8.57. The van der Waals surface area contributed by atoms with E-state index in [1.807, 2.05) is 0 Å². The molecule has 0 N–H and O–H groups in total. The van der Waals surface area contributed by atoms with E-state index in [4.69, 9.17) is 23.2 Å². The van der Waals surface area contributed by atoms with E-state index in [1.165, 1.54) is 24.3 Å². The maximum Gasteiger partial charge on any atom is 0.416 e. The SMILES string of the molecule is O=[N+]([O-])c1ccc(Cn2cc(-c3ccc(Cl)cc3Cl)nc2/C=C/c2ccc(C(F)(F)F)cc2F)cc1. The summed E-state index contributed by atoms with van der Waals surface area (Å²) in [5.74, 6) is -0.677. The van der Waals surface area contributed by atoms with Gasteiger partial charge in [-0.2, -0.15) is 13.2 Å². The molecule has 0 aliphatic heterocycles. The molecule has 0 radical (unpaired) electrons. The van der Waals surface area contributed by atoms with E-state index in [-0.39, 0.29) is 17.8 Å². The number of halogens is 6. The van der Waals surface area contributed by atoms with E-state index in [9.17, 15) is 27.7 Å². The number of nitro benzene ring substituents is 1. The van der Waals surface area contributed by atoms with E-state index in [1.54, 1.807) is 41.1 Å². The van der Waals surface area contributed by atoms with E-state index < -0.39 is 22.5 Å². The molecule has 0 amide bonds. The zero-order valence-corrected chi connectivity index (χ0v) is 19.7. The van der Waals surface area contributed by atoms with E-state index in [0.29, 0.717) is 33.2 Å². The van der Waals surface area contributed by atoms with Crippen molar-refractivity contribution >= 4 is 41.0 Å². The molecule has 4 rings (SSSR count). The summed E-state index contributed by atoms with van der Waals surface area (Å²) in [7, 11) is 0. The third-order valence-corrected chi connectivity index (χ3v) is 5.80. The highest BCUT2D eigenvalue weighted by atomic mass is 35.5. The number of rotatable bonds is 6. The van der Waals surface area contributed by atoms with Gasteiger partial charge in [-0.05, 0) is 48.0 Å². The fraction of sp³-hybridized carbons (Fsp3) is 0.0800. The van der Waals surface area contributed by atoms with Crippen molar-refractivity contribution in [2.75, 3.05) is 0 Å². The molecule has 0 saturated carbocycles. The van der Waals surface area contributed by atoms with Crippen LogP contribution in [0.3, 0.4) is 0 Å². The fourth-order valence-corrected chi connectivity index (χ4v) is 3.94. The molecule has 5 nitrogen and oxygen atoms in total. The molecule has 11 heteroatoms. The third kappa shape index (κ3) is 5.75. The molecule has 0 unspecified atom stereocenters. The van der Waals surface area contributed by atoms with Crippen LogP contribution in [0.2, 0.25) is 10.0 Å². The lowest BCUT2D eigenvalue weighted by molar-refractivity contribution is -0.384. The van der Waals surface area contributed by atoms with Gasteiger partial charge in [-0.25, -0.2) is 9.37 Å². The second-order valence-electron chi connectivity index (χ2n) is 7.73. The molecule has 0 aliphatic rings. The zero-order chi connectivity index (χ0) is 26.0. The molecular weight excluding hydrogens is 521 g/mol.